The van der Waals surface area contributed by atoms with E-state index in [4.69, 9.17) is 4.74 Å². The van der Waals surface area contributed by atoms with Gasteiger partial charge in [-0.3, -0.25) is 0 Å². The molecule has 0 unspecified atom stereocenters. The van der Waals surface area contributed by atoms with Crippen LogP contribution in [-0.4, -0.2) is 47.7 Å². The fourth-order valence-corrected chi connectivity index (χ4v) is 2.73. The second-order valence-corrected chi connectivity index (χ2v) is 5.44. The minimum absolute atomic E-state index is 0.575. The van der Waals surface area contributed by atoms with Crippen LogP contribution in [0.25, 0.3) is 10.9 Å². The monoisotopic (exact) mass is 273 g/mol. The summed E-state index contributed by atoms with van der Waals surface area (Å²) in [5, 5.41) is 19.9. The first-order valence-corrected chi connectivity index (χ1v) is 6.90. The fourth-order valence-electron chi connectivity index (χ4n) is 2.73. The summed E-state index contributed by atoms with van der Waals surface area (Å²) in [7, 11) is 1.98. The lowest BCUT2D eigenvalue weighted by atomic mass is 9.93. The fraction of sp³-hybridized carbons (Fsp3) is 0.467. The number of fused-ring (bicyclic) bond motifs is 1. The highest BCUT2D eigenvalue weighted by atomic mass is 16.5. The molecule has 1 N–H and O–H groups in total. The molecule has 1 aliphatic heterocycles. The lowest BCUT2D eigenvalue weighted by Crippen LogP contribution is -2.45. The molecule has 1 aliphatic rings. The van der Waals surface area contributed by atoms with Crippen molar-refractivity contribution in [3.8, 4) is 0 Å². The van der Waals surface area contributed by atoms with E-state index in [9.17, 15) is 5.11 Å². The Morgan fingerprint density at radius 3 is 2.85 bits per heavy atom. The number of rotatable bonds is 3. The summed E-state index contributed by atoms with van der Waals surface area (Å²) in [5.74, 6) is 0. The van der Waals surface area contributed by atoms with Gasteiger partial charge in [0.05, 0.1) is 23.0 Å². The van der Waals surface area contributed by atoms with Gasteiger partial charge < -0.3 is 14.7 Å². The van der Waals surface area contributed by atoms with Crippen molar-refractivity contribution in [1.29, 1.82) is 0 Å². The van der Waals surface area contributed by atoms with E-state index in [1.807, 2.05) is 31.3 Å². The third-order valence-electron chi connectivity index (χ3n) is 3.89. The Morgan fingerprint density at radius 1 is 1.30 bits per heavy atom. The van der Waals surface area contributed by atoms with Crippen LogP contribution >= 0.6 is 0 Å². The summed E-state index contributed by atoms with van der Waals surface area (Å²) in [6.07, 6.45) is 3.10. The number of anilines is 1. The lowest BCUT2D eigenvalue weighted by Gasteiger charge is -2.36. The molecule has 5 heteroatoms. The molecular weight excluding hydrogens is 254 g/mol. The minimum Gasteiger partial charge on any atom is -0.388 e. The molecule has 20 heavy (non-hydrogen) atoms. The number of hydrogen-bond donors (Lipinski definition) is 1. The van der Waals surface area contributed by atoms with Crippen molar-refractivity contribution in [2.75, 3.05) is 31.7 Å². The topological polar surface area (TPSA) is 58.5 Å². The van der Waals surface area contributed by atoms with Crippen LogP contribution in [-0.2, 0) is 4.74 Å². The average molecular weight is 273 g/mol. The highest BCUT2D eigenvalue weighted by Gasteiger charge is 2.31. The maximum atomic E-state index is 10.6. The predicted octanol–water partition coefficient (Wildman–Crippen LogP) is 1.61. The molecule has 0 amide bonds. The van der Waals surface area contributed by atoms with Crippen LogP contribution in [0.15, 0.2) is 30.5 Å². The summed E-state index contributed by atoms with van der Waals surface area (Å²) in [6.45, 7) is 1.82. The highest BCUT2D eigenvalue weighted by molar-refractivity contribution is 5.90. The number of hydrogen-bond acceptors (Lipinski definition) is 5. The minimum atomic E-state index is -0.683. The average Bonchev–Trinajstić information content (AvgIpc) is 2.47. The van der Waals surface area contributed by atoms with Gasteiger partial charge in [0, 0.05) is 45.0 Å². The van der Waals surface area contributed by atoms with E-state index in [2.05, 4.69) is 15.1 Å². The second kappa shape index (κ2) is 5.34. The summed E-state index contributed by atoms with van der Waals surface area (Å²) in [5.41, 5.74) is 1.18. The summed E-state index contributed by atoms with van der Waals surface area (Å²) >= 11 is 0. The molecule has 1 aromatic carbocycles. The van der Waals surface area contributed by atoms with E-state index < -0.39 is 5.60 Å². The van der Waals surface area contributed by atoms with E-state index in [1.165, 1.54) is 0 Å². The Morgan fingerprint density at radius 2 is 2.05 bits per heavy atom. The zero-order valence-corrected chi connectivity index (χ0v) is 11.6. The van der Waals surface area contributed by atoms with Gasteiger partial charge in [0.1, 0.15) is 0 Å². The Balaban J connectivity index is 1.87. The van der Waals surface area contributed by atoms with Crippen molar-refractivity contribution < 1.29 is 9.84 Å². The number of likely N-dealkylation sites (N-methyl/N-ethyl adjacent to an activating group) is 1. The molecule has 1 fully saturated rings. The highest BCUT2D eigenvalue weighted by Crippen LogP contribution is 2.27. The maximum Gasteiger partial charge on any atom is 0.0950 e. The van der Waals surface area contributed by atoms with Gasteiger partial charge in [-0.1, -0.05) is 18.2 Å². The molecule has 5 nitrogen and oxygen atoms in total. The van der Waals surface area contributed by atoms with Gasteiger partial charge in [-0.05, 0) is 6.07 Å². The Bertz CT molecular complexity index is 591. The number of nitrogens with zero attached hydrogens (tertiary/aromatic N) is 3. The molecular formula is C15H19N3O2. The van der Waals surface area contributed by atoms with E-state index in [0.717, 1.165) is 16.6 Å². The predicted molar refractivity (Wildman–Crippen MR) is 77.8 cm³/mol. The number of ether oxygens (including phenoxy) is 1. The van der Waals surface area contributed by atoms with E-state index in [0.29, 0.717) is 32.6 Å². The van der Waals surface area contributed by atoms with Crippen LogP contribution in [0.1, 0.15) is 12.8 Å². The lowest BCUT2D eigenvalue weighted by molar-refractivity contribution is -0.0572. The quantitative estimate of drug-likeness (QED) is 0.920. The standard InChI is InChI=1S/C15H19N3O2/c1-18(11-15(19)6-8-20-9-7-15)14-10-16-17-13-5-3-2-4-12(13)14/h2-5,10,19H,6-9,11H2,1H3. The van der Waals surface area contributed by atoms with Crippen LogP contribution in [0.4, 0.5) is 5.69 Å². The first kappa shape index (κ1) is 13.3. The molecule has 0 saturated carbocycles. The molecule has 0 atom stereocenters. The van der Waals surface area contributed by atoms with Gasteiger partial charge in [-0.25, -0.2) is 0 Å². The first-order chi connectivity index (χ1) is 9.68. The SMILES string of the molecule is CN(CC1(O)CCOCC1)c1cnnc2ccccc12. The number of aromatic nitrogens is 2. The number of benzene rings is 1. The van der Waals surface area contributed by atoms with Crippen molar-refractivity contribution in [2.45, 2.75) is 18.4 Å². The Hall–Kier alpha value is -1.72. The zero-order valence-electron chi connectivity index (χ0n) is 11.6. The van der Waals surface area contributed by atoms with Crippen molar-refractivity contribution in [3.63, 3.8) is 0 Å². The molecule has 3 rings (SSSR count). The van der Waals surface area contributed by atoms with Gasteiger partial charge >= 0.3 is 0 Å². The van der Waals surface area contributed by atoms with Crippen molar-refractivity contribution >= 4 is 16.6 Å². The summed E-state index contributed by atoms with van der Waals surface area (Å²) in [6, 6.07) is 7.92. The van der Waals surface area contributed by atoms with Crippen molar-refractivity contribution in [1.82, 2.24) is 10.2 Å². The molecule has 0 bridgehead atoms. The van der Waals surface area contributed by atoms with Crippen LogP contribution < -0.4 is 4.90 Å². The zero-order chi connectivity index (χ0) is 14.0. The van der Waals surface area contributed by atoms with Crippen LogP contribution in [0.5, 0.6) is 0 Å². The molecule has 1 aromatic heterocycles. The summed E-state index contributed by atoms with van der Waals surface area (Å²) in [4.78, 5) is 2.06. The van der Waals surface area contributed by atoms with Crippen LogP contribution in [0.3, 0.4) is 0 Å². The molecule has 2 heterocycles. The molecule has 1 saturated heterocycles. The van der Waals surface area contributed by atoms with E-state index in [-0.39, 0.29) is 0 Å². The van der Waals surface area contributed by atoms with Gasteiger partial charge in [-0.2, -0.15) is 10.2 Å². The van der Waals surface area contributed by atoms with E-state index in [1.54, 1.807) is 6.20 Å². The second-order valence-electron chi connectivity index (χ2n) is 5.44. The molecule has 0 radical (unpaired) electrons. The Kier molecular flexibility index (Phi) is 3.54. The van der Waals surface area contributed by atoms with Crippen molar-refractivity contribution in [2.24, 2.45) is 0 Å². The van der Waals surface area contributed by atoms with Crippen molar-refractivity contribution in [3.05, 3.63) is 30.5 Å². The summed E-state index contributed by atoms with van der Waals surface area (Å²) < 4.78 is 5.32. The van der Waals surface area contributed by atoms with Crippen LogP contribution in [0, 0.1) is 0 Å². The maximum absolute atomic E-state index is 10.6. The molecule has 106 valence electrons. The van der Waals surface area contributed by atoms with Gasteiger partial charge in [0.15, 0.2) is 0 Å². The first-order valence-electron chi connectivity index (χ1n) is 6.90. The molecule has 0 aliphatic carbocycles. The van der Waals surface area contributed by atoms with E-state index >= 15 is 0 Å². The van der Waals surface area contributed by atoms with Crippen LogP contribution in [0.2, 0.25) is 0 Å². The van der Waals surface area contributed by atoms with Gasteiger partial charge in [-0.15, -0.1) is 0 Å². The van der Waals surface area contributed by atoms with Gasteiger partial charge in [0.2, 0.25) is 0 Å². The Labute approximate surface area is 118 Å². The molecule has 2 aromatic rings. The normalized spacial score (nSPS) is 18.1. The molecule has 0 spiro atoms. The third kappa shape index (κ3) is 2.59. The number of aliphatic hydroxyl groups is 1. The largest absolute Gasteiger partial charge is 0.388 e. The smallest absolute Gasteiger partial charge is 0.0950 e. The van der Waals surface area contributed by atoms with Gasteiger partial charge in [0.25, 0.3) is 0 Å². The third-order valence-corrected chi connectivity index (χ3v) is 3.89.